The number of aliphatic imine (C=N–C) groups is 1. The lowest BCUT2D eigenvalue weighted by atomic mass is 10.1. The van der Waals surface area contributed by atoms with Gasteiger partial charge in [-0.1, -0.05) is 0 Å². The molecule has 2 aliphatic rings. The molecule has 148 valence electrons. The fraction of sp³-hybridized carbons (Fsp3) is 0.143. The maximum Gasteiger partial charge on any atom is 0.253 e. The zero-order valence-electron chi connectivity index (χ0n) is 16.0. The highest BCUT2D eigenvalue weighted by Gasteiger charge is 2.32. The largest absolute Gasteiger partial charge is 0.497 e. The summed E-state index contributed by atoms with van der Waals surface area (Å²) < 4.78 is 19.6. The van der Waals surface area contributed by atoms with Gasteiger partial charge in [0.25, 0.3) is 5.91 Å². The van der Waals surface area contributed by atoms with E-state index in [2.05, 4.69) is 10.3 Å². The Labute approximate surface area is 172 Å². The van der Waals surface area contributed by atoms with E-state index in [4.69, 9.17) is 4.74 Å². The summed E-state index contributed by atoms with van der Waals surface area (Å²) in [5.74, 6) is 0.742. The molecular weight excluding hydrogens is 391 g/mol. The number of ether oxygens (including phenoxy) is 1. The van der Waals surface area contributed by atoms with Crippen molar-refractivity contribution in [2.24, 2.45) is 4.99 Å². The lowest BCUT2D eigenvalue weighted by Crippen LogP contribution is -3.13. The van der Waals surface area contributed by atoms with Crippen molar-refractivity contribution in [1.29, 1.82) is 0 Å². The van der Waals surface area contributed by atoms with Crippen LogP contribution in [-0.2, 0) is 0 Å². The third-order valence-corrected chi connectivity index (χ3v) is 5.79. The predicted molar refractivity (Wildman–Crippen MR) is 112 cm³/mol. The number of carbonyl (C=O) groups excluding carboxylic acids is 1. The van der Waals surface area contributed by atoms with Crippen molar-refractivity contribution in [3.8, 4) is 5.75 Å². The van der Waals surface area contributed by atoms with Crippen molar-refractivity contribution >= 4 is 29.2 Å². The number of amidine groups is 1. The number of hydrogen-bond donors (Lipinski definition) is 2. The number of nitrogens with one attached hydrogen (secondary N) is 2. The SMILES string of the molecule is CNC(=O)c1ccc(N2C=CC3=NC=C(Sc4ccc(OC)cc4)[NH+]3C2)cc1F. The number of halogens is 1. The Morgan fingerprint density at radius 2 is 2.07 bits per heavy atom. The van der Waals surface area contributed by atoms with Crippen LogP contribution >= 0.6 is 11.8 Å². The van der Waals surface area contributed by atoms with Gasteiger partial charge in [-0.3, -0.25) is 9.69 Å². The Morgan fingerprint density at radius 3 is 2.76 bits per heavy atom. The minimum Gasteiger partial charge on any atom is -0.497 e. The smallest absolute Gasteiger partial charge is 0.253 e. The molecule has 2 N–H and O–H groups in total. The minimum atomic E-state index is -0.547. The van der Waals surface area contributed by atoms with E-state index in [-0.39, 0.29) is 5.56 Å². The monoisotopic (exact) mass is 411 g/mol. The maximum atomic E-state index is 14.4. The Hall–Kier alpha value is -3.10. The summed E-state index contributed by atoms with van der Waals surface area (Å²) >= 11 is 1.63. The standard InChI is InChI=1S/C21H19FN4O2S/c1-23-21(27)17-8-3-14(11-18(17)22)25-10-9-19-24-12-20(26(19)13-25)29-16-6-4-15(28-2)5-7-16/h3-12H,13H2,1-2H3,(H,23,27)/p+1. The van der Waals surface area contributed by atoms with E-state index < -0.39 is 11.7 Å². The summed E-state index contributed by atoms with van der Waals surface area (Å²) in [5.41, 5.74) is 0.710. The molecule has 6 nitrogen and oxygen atoms in total. The molecule has 0 bridgehead atoms. The van der Waals surface area contributed by atoms with Gasteiger partial charge in [0, 0.05) is 29.9 Å². The van der Waals surface area contributed by atoms with Crippen LogP contribution in [0.25, 0.3) is 0 Å². The Bertz CT molecular complexity index is 1030. The molecule has 0 radical (unpaired) electrons. The van der Waals surface area contributed by atoms with Gasteiger partial charge in [0.1, 0.15) is 17.8 Å². The van der Waals surface area contributed by atoms with Crippen molar-refractivity contribution in [2.75, 3.05) is 25.7 Å². The molecule has 29 heavy (non-hydrogen) atoms. The van der Waals surface area contributed by atoms with Crippen LogP contribution in [0, 0.1) is 5.82 Å². The van der Waals surface area contributed by atoms with E-state index in [1.54, 1.807) is 24.9 Å². The molecule has 2 heterocycles. The maximum absolute atomic E-state index is 14.4. The fourth-order valence-corrected chi connectivity index (χ4v) is 4.06. The third kappa shape index (κ3) is 3.90. The molecule has 2 aliphatic heterocycles. The quantitative estimate of drug-likeness (QED) is 0.793. The van der Waals surface area contributed by atoms with Crippen LogP contribution in [0.1, 0.15) is 10.4 Å². The van der Waals surface area contributed by atoms with Gasteiger partial charge < -0.3 is 10.1 Å². The number of benzene rings is 2. The van der Waals surface area contributed by atoms with Gasteiger partial charge in [0.2, 0.25) is 5.84 Å². The van der Waals surface area contributed by atoms with Crippen LogP contribution in [-0.4, -0.2) is 32.6 Å². The predicted octanol–water partition coefficient (Wildman–Crippen LogP) is 2.37. The Kier molecular flexibility index (Phi) is 5.37. The number of fused-ring (bicyclic) bond motifs is 1. The molecule has 4 rings (SSSR count). The second-order valence-corrected chi connectivity index (χ2v) is 7.57. The second kappa shape index (κ2) is 8.10. The number of methoxy groups -OCH3 is 1. The Morgan fingerprint density at radius 1 is 1.28 bits per heavy atom. The summed E-state index contributed by atoms with van der Waals surface area (Å²) in [6, 6.07) is 12.5. The van der Waals surface area contributed by atoms with Gasteiger partial charge in [-0.2, -0.15) is 4.99 Å². The third-order valence-electron chi connectivity index (χ3n) is 4.71. The van der Waals surface area contributed by atoms with Crippen LogP contribution < -0.4 is 19.9 Å². The van der Waals surface area contributed by atoms with Gasteiger partial charge in [-0.25, -0.2) is 9.29 Å². The summed E-state index contributed by atoms with van der Waals surface area (Å²) in [5, 5.41) is 3.50. The van der Waals surface area contributed by atoms with E-state index >= 15 is 0 Å². The average Bonchev–Trinajstić information content (AvgIpc) is 3.15. The summed E-state index contributed by atoms with van der Waals surface area (Å²) in [4.78, 5) is 20.3. The topological polar surface area (TPSA) is 58.4 Å². The number of amides is 1. The molecule has 2 aromatic carbocycles. The van der Waals surface area contributed by atoms with Crippen LogP contribution in [0.2, 0.25) is 0 Å². The van der Waals surface area contributed by atoms with E-state index in [1.807, 2.05) is 47.6 Å². The highest BCUT2D eigenvalue weighted by Crippen LogP contribution is 2.27. The lowest BCUT2D eigenvalue weighted by Gasteiger charge is -2.28. The number of rotatable bonds is 5. The average molecular weight is 411 g/mol. The first-order valence-electron chi connectivity index (χ1n) is 9.02. The first kappa shape index (κ1) is 19.2. The lowest BCUT2D eigenvalue weighted by molar-refractivity contribution is -0.748. The molecule has 0 fully saturated rings. The first-order valence-corrected chi connectivity index (χ1v) is 9.83. The van der Waals surface area contributed by atoms with Crippen LogP contribution in [0.4, 0.5) is 10.1 Å². The van der Waals surface area contributed by atoms with Gasteiger partial charge in [-0.05, 0) is 54.2 Å². The van der Waals surface area contributed by atoms with Crippen molar-refractivity contribution in [2.45, 2.75) is 4.90 Å². The zero-order valence-corrected chi connectivity index (χ0v) is 16.8. The Balaban J connectivity index is 1.50. The van der Waals surface area contributed by atoms with Crippen molar-refractivity contribution in [1.82, 2.24) is 5.32 Å². The summed E-state index contributed by atoms with van der Waals surface area (Å²) in [6.07, 6.45) is 5.66. The minimum absolute atomic E-state index is 0.0312. The first-order chi connectivity index (χ1) is 14.1. The molecular formula is C21H20FN4O2S+. The fourth-order valence-electron chi connectivity index (χ4n) is 3.13. The van der Waals surface area contributed by atoms with Crippen LogP contribution in [0.15, 0.2) is 75.9 Å². The molecule has 2 aromatic rings. The molecule has 0 aliphatic carbocycles. The molecule has 0 saturated heterocycles. The normalized spacial score (nSPS) is 17.5. The molecule has 0 saturated carbocycles. The number of quaternary nitrogens is 1. The number of nitrogens with zero attached hydrogens (tertiary/aromatic N) is 2. The summed E-state index contributed by atoms with van der Waals surface area (Å²) in [7, 11) is 3.12. The second-order valence-electron chi connectivity index (χ2n) is 6.45. The number of hydrogen-bond acceptors (Lipinski definition) is 5. The van der Waals surface area contributed by atoms with Crippen molar-refractivity contribution < 1.29 is 18.8 Å². The zero-order chi connectivity index (χ0) is 20.4. The molecule has 8 heteroatoms. The number of thioether (sulfide) groups is 1. The molecule has 1 atom stereocenters. The van der Waals surface area contributed by atoms with Crippen LogP contribution in [0.3, 0.4) is 0 Å². The molecule has 0 aromatic heterocycles. The summed E-state index contributed by atoms with van der Waals surface area (Å²) in [6.45, 7) is 0.573. The van der Waals surface area contributed by atoms with Crippen molar-refractivity contribution in [3.63, 3.8) is 0 Å². The van der Waals surface area contributed by atoms with Gasteiger partial charge in [0.05, 0.1) is 12.7 Å². The van der Waals surface area contributed by atoms with Crippen LogP contribution in [0.5, 0.6) is 5.75 Å². The van der Waals surface area contributed by atoms with Crippen molar-refractivity contribution in [3.05, 3.63) is 77.4 Å². The number of anilines is 1. The van der Waals surface area contributed by atoms with Gasteiger partial charge in [0.15, 0.2) is 11.7 Å². The molecule has 1 amide bonds. The molecule has 0 spiro atoms. The van der Waals surface area contributed by atoms with E-state index in [9.17, 15) is 9.18 Å². The van der Waals surface area contributed by atoms with Gasteiger partial charge in [-0.15, -0.1) is 0 Å². The highest BCUT2D eigenvalue weighted by molar-refractivity contribution is 8.02. The van der Waals surface area contributed by atoms with Gasteiger partial charge >= 0.3 is 0 Å². The number of carbonyl (C=O) groups is 1. The van der Waals surface area contributed by atoms with E-state index in [0.29, 0.717) is 12.4 Å². The van der Waals surface area contributed by atoms with E-state index in [1.165, 1.54) is 19.2 Å². The van der Waals surface area contributed by atoms with E-state index in [0.717, 1.165) is 26.4 Å². The molecule has 1 unspecified atom stereocenters. The highest BCUT2D eigenvalue weighted by atomic mass is 32.2.